The van der Waals surface area contributed by atoms with Crippen molar-refractivity contribution in [2.75, 3.05) is 0 Å². The molecule has 0 spiro atoms. The number of sulfonamides is 1. The van der Waals surface area contributed by atoms with Crippen LogP contribution in [0.3, 0.4) is 0 Å². The molecular weight excluding hydrogens is 202 g/mol. The molecule has 0 amide bonds. The van der Waals surface area contributed by atoms with Gasteiger partial charge in [-0.15, -0.1) is 0 Å². The van der Waals surface area contributed by atoms with Gasteiger partial charge in [-0.3, -0.25) is 0 Å². The first-order valence-electron chi connectivity index (χ1n) is 4.54. The van der Waals surface area contributed by atoms with Crippen molar-refractivity contribution in [2.24, 2.45) is 5.14 Å². The van der Waals surface area contributed by atoms with Gasteiger partial charge >= 0.3 is 0 Å². The van der Waals surface area contributed by atoms with Crippen molar-refractivity contribution < 1.29 is 8.42 Å². The summed E-state index contributed by atoms with van der Waals surface area (Å²) < 4.78 is 24.2. The van der Waals surface area contributed by atoms with Gasteiger partial charge in [0, 0.05) is 18.4 Å². The summed E-state index contributed by atoms with van der Waals surface area (Å²) in [4.78, 5) is 4.05. The van der Waals surface area contributed by atoms with Crippen LogP contribution in [0, 0.1) is 0 Å². The van der Waals surface area contributed by atoms with Gasteiger partial charge in [-0.05, 0) is 19.8 Å². The smallest absolute Gasteiger partial charge is 0.218 e. The molecule has 2 rings (SSSR count). The highest BCUT2D eigenvalue weighted by Gasteiger charge is 2.30. The van der Waals surface area contributed by atoms with E-state index in [0.717, 1.165) is 12.8 Å². The lowest BCUT2D eigenvalue weighted by atomic mass is 10.4. The van der Waals surface area contributed by atoms with E-state index in [1.807, 2.05) is 10.8 Å². The molecule has 0 aromatic carbocycles. The van der Waals surface area contributed by atoms with Gasteiger partial charge in [0.05, 0.1) is 0 Å². The van der Waals surface area contributed by atoms with Crippen molar-refractivity contribution in [3.05, 3.63) is 18.2 Å². The van der Waals surface area contributed by atoms with Gasteiger partial charge in [-0.2, -0.15) is 0 Å². The van der Waals surface area contributed by atoms with Crippen LogP contribution in [0.25, 0.3) is 0 Å². The third kappa shape index (κ3) is 1.67. The Bertz CT molecular complexity index is 433. The van der Waals surface area contributed by atoms with Gasteiger partial charge < -0.3 is 4.57 Å². The lowest BCUT2D eigenvalue weighted by molar-refractivity contribution is 0.577. The SMILES string of the molecule is CC(c1nccn1C1CC1)S(N)(=O)=O. The normalized spacial score (nSPS) is 19.6. The fraction of sp³-hybridized carbons (Fsp3) is 0.625. The zero-order valence-electron chi connectivity index (χ0n) is 7.92. The van der Waals surface area contributed by atoms with Crippen LogP contribution >= 0.6 is 0 Å². The fourth-order valence-corrected chi connectivity index (χ4v) is 1.92. The quantitative estimate of drug-likeness (QED) is 0.800. The molecule has 0 bridgehead atoms. The summed E-state index contributed by atoms with van der Waals surface area (Å²) in [7, 11) is -3.54. The van der Waals surface area contributed by atoms with E-state index in [4.69, 9.17) is 5.14 Å². The summed E-state index contributed by atoms with van der Waals surface area (Å²) in [6.45, 7) is 1.57. The molecule has 0 saturated heterocycles. The fourth-order valence-electron chi connectivity index (χ4n) is 1.45. The lowest BCUT2D eigenvalue weighted by Gasteiger charge is -2.11. The Morgan fingerprint density at radius 1 is 1.64 bits per heavy atom. The van der Waals surface area contributed by atoms with Crippen LogP contribution in [0.2, 0.25) is 0 Å². The first-order valence-corrected chi connectivity index (χ1v) is 6.15. The third-order valence-corrected chi connectivity index (χ3v) is 3.69. The van der Waals surface area contributed by atoms with Gasteiger partial charge in [-0.25, -0.2) is 18.5 Å². The standard InChI is InChI=1S/C8H13N3O2S/c1-6(14(9,12)13)8-10-4-5-11(8)7-2-3-7/h4-7H,2-3H2,1H3,(H2,9,12,13). The van der Waals surface area contributed by atoms with E-state index in [0.29, 0.717) is 11.9 Å². The van der Waals surface area contributed by atoms with Crippen molar-refractivity contribution in [1.82, 2.24) is 9.55 Å². The molecule has 6 heteroatoms. The number of imidazole rings is 1. The average Bonchev–Trinajstić information content (AvgIpc) is 2.81. The molecule has 1 heterocycles. The Hall–Kier alpha value is -0.880. The second-order valence-electron chi connectivity index (χ2n) is 3.66. The number of nitrogens with zero attached hydrogens (tertiary/aromatic N) is 2. The maximum absolute atomic E-state index is 11.1. The number of hydrogen-bond acceptors (Lipinski definition) is 3. The average molecular weight is 215 g/mol. The first kappa shape index (κ1) is 9.67. The van der Waals surface area contributed by atoms with Crippen molar-refractivity contribution in [2.45, 2.75) is 31.1 Å². The van der Waals surface area contributed by atoms with E-state index < -0.39 is 15.3 Å². The minimum Gasteiger partial charge on any atom is -0.331 e. The predicted molar refractivity (Wildman–Crippen MR) is 52.0 cm³/mol. The summed E-state index contributed by atoms with van der Waals surface area (Å²) in [6.07, 6.45) is 5.63. The van der Waals surface area contributed by atoms with Gasteiger partial charge in [0.15, 0.2) is 0 Å². The van der Waals surface area contributed by atoms with E-state index in [2.05, 4.69) is 4.98 Å². The number of primary sulfonamides is 1. The van der Waals surface area contributed by atoms with Crippen LogP contribution in [-0.2, 0) is 10.0 Å². The molecule has 1 atom stereocenters. The molecule has 1 aliphatic rings. The Morgan fingerprint density at radius 3 is 2.79 bits per heavy atom. The minimum atomic E-state index is -3.54. The summed E-state index contributed by atoms with van der Waals surface area (Å²) >= 11 is 0. The van der Waals surface area contributed by atoms with E-state index in [-0.39, 0.29) is 0 Å². The van der Waals surface area contributed by atoms with Crippen molar-refractivity contribution in [3.8, 4) is 0 Å². The second kappa shape index (κ2) is 3.06. The highest BCUT2D eigenvalue weighted by molar-refractivity contribution is 7.89. The van der Waals surface area contributed by atoms with Crippen LogP contribution in [0.1, 0.15) is 36.9 Å². The summed E-state index contributed by atoms with van der Waals surface area (Å²) in [5.41, 5.74) is 0. The highest BCUT2D eigenvalue weighted by Crippen LogP contribution is 2.37. The predicted octanol–water partition coefficient (Wildman–Crippen LogP) is 0.568. The van der Waals surface area contributed by atoms with E-state index >= 15 is 0 Å². The van der Waals surface area contributed by atoms with Gasteiger partial charge in [0.1, 0.15) is 11.1 Å². The molecule has 1 saturated carbocycles. The summed E-state index contributed by atoms with van der Waals surface area (Å²) in [6, 6.07) is 0.427. The second-order valence-corrected chi connectivity index (χ2v) is 5.54. The summed E-state index contributed by atoms with van der Waals surface area (Å²) in [5, 5.41) is 4.35. The van der Waals surface area contributed by atoms with E-state index in [1.165, 1.54) is 0 Å². The topological polar surface area (TPSA) is 78.0 Å². The van der Waals surface area contributed by atoms with E-state index in [9.17, 15) is 8.42 Å². The van der Waals surface area contributed by atoms with Crippen LogP contribution < -0.4 is 5.14 Å². The zero-order chi connectivity index (χ0) is 10.3. The molecule has 1 aliphatic carbocycles. The van der Waals surface area contributed by atoms with Crippen LogP contribution in [-0.4, -0.2) is 18.0 Å². The molecule has 5 nitrogen and oxygen atoms in total. The minimum absolute atomic E-state index is 0.427. The molecule has 1 aromatic heterocycles. The first-order chi connectivity index (χ1) is 6.50. The lowest BCUT2D eigenvalue weighted by Crippen LogP contribution is -2.22. The molecule has 2 N–H and O–H groups in total. The molecule has 0 aliphatic heterocycles. The van der Waals surface area contributed by atoms with E-state index in [1.54, 1.807) is 13.1 Å². The molecule has 1 aromatic rings. The third-order valence-electron chi connectivity index (χ3n) is 2.50. The molecule has 14 heavy (non-hydrogen) atoms. The molecule has 1 unspecified atom stereocenters. The van der Waals surface area contributed by atoms with Crippen LogP contribution in [0.15, 0.2) is 12.4 Å². The Morgan fingerprint density at radius 2 is 2.29 bits per heavy atom. The number of nitrogens with two attached hydrogens (primary N) is 1. The van der Waals surface area contributed by atoms with Crippen molar-refractivity contribution in [3.63, 3.8) is 0 Å². The monoisotopic (exact) mass is 215 g/mol. The largest absolute Gasteiger partial charge is 0.331 e. The molecule has 0 radical (unpaired) electrons. The molecule has 1 fully saturated rings. The number of rotatable bonds is 3. The number of aromatic nitrogens is 2. The van der Waals surface area contributed by atoms with Gasteiger partial charge in [0.25, 0.3) is 0 Å². The van der Waals surface area contributed by atoms with Crippen molar-refractivity contribution >= 4 is 10.0 Å². The van der Waals surface area contributed by atoms with Crippen LogP contribution in [0.4, 0.5) is 0 Å². The highest BCUT2D eigenvalue weighted by atomic mass is 32.2. The maximum atomic E-state index is 11.1. The zero-order valence-corrected chi connectivity index (χ0v) is 8.74. The Labute approximate surface area is 83.0 Å². The van der Waals surface area contributed by atoms with Gasteiger partial charge in [-0.1, -0.05) is 0 Å². The number of hydrogen-bond donors (Lipinski definition) is 1. The summed E-state index contributed by atoms with van der Waals surface area (Å²) in [5.74, 6) is 0.551. The Kier molecular flexibility index (Phi) is 2.11. The van der Waals surface area contributed by atoms with Gasteiger partial charge in [0.2, 0.25) is 10.0 Å². The molecule has 78 valence electrons. The molecular formula is C8H13N3O2S. The van der Waals surface area contributed by atoms with Crippen molar-refractivity contribution in [1.29, 1.82) is 0 Å². The Balaban J connectivity index is 2.36. The maximum Gasteiger partial charge on any atom is 0.218 e. The van der Waals surface area contributed by atoms with Crippen LogP contribution in [0.5, 0.6) is 0 Å².